The van der Waals surface area contributed by atoms with Gasteiger partial charge in [0.15, 0.2) is 5.82 Å². The van der Waals surface area contributed by atoms with E-state index in [1.54, 1.807) is 35.7 Å². The number of para-hydroxylation sites is 1. The Labute approximate surface area is 176 Å². The molecule has 0 spiro atoms. The minimum Gasteiger partial charge on any atom is -0.337 e. The van der Waals surface area contributed by atoms with Crippen molar-refractivity contribution in [3.8, 4) is 21.3 Å². The normalized spacial score (nSPS) is 11.0. The summed E-state index contributed by atoms with van der Waals surface area (Å²) in [5.74, 6) is 0.963. The molecule has 5 rings (SSSR count). The Hall–Kier alpha value is -3.84. The number of carbonyl (C=O) groups excluding carboxylic acids is 1. The molecule has 2 aromatic carbocycles. The summed E-state index contributed by atoms with van der Waals surface area (Å²) in [5, 5.41) is 3.76. The maximum atomic E-state index is 12.8. The number of amides is 1. The molecule has 0 saturated carbocycles. The van der Waals surface area contributed by atoms with Crippen molar-refractivity contribution in [1.82, 2.24) is 19.9 Å². The molecule has 2 N–H and O–H groups in total. The van der Waals surface area contributed by atoms with E-state index in [0.717, 1.165) is 26.7 Å². The van der Waals surface area contributed by atoms with E-state index in [4.69, 9.17) is 9.97 Å². The van der Waals surface area contributed by atoms with Gasteiger partial charge in [-0.25, -0.2) is 15.0 Å². The highest BCUT2D eigenvalue weighted by Crippen LogP contribution is 2.35. The van der Waals surface area contributed by atoms with Gasteiger partial charge in [0.2, 0.25) is 0 Å². The van der Waals surface area contributed by atoms with E-state index in [0.29, 0.717) is 22.7 Å². The molecule has 0 fully saturated rings. The van der Waals surface area contributed by atoms with Crippen LogP contribution in [0.4, 0.5) is 5.82 Å². The van der Waals surface area contributed by atoms with Crippen molar-refractivity contribution in [2.24, 2.45) is 0 Å². The molecule has 0 aliphatic carbocycles. The van der Waals surface area contributed by atoms with Gasteiger partial charge in [-0.3, -0.25) is 4.79 Å². The highest BCUT2D eigenvalue weighted by Gasteiger charge is 2.18. The molecular weight excluding hydrogens is 394 g/mol. The number of aromatic nitrogens is 4. The fraction of sp³-hybridized carbons (Fsp3) is 0.0435. The van der Waals surface area contributed by atoms with E-state index in [-0.39, 0.29) is 5.91 Å². The van der Waals surface area contributed by atoms with Gasteiger partial charge in [-0.2, -0.15) is 0 Å². The fourth-order valence-electron chi connectivity index (χ4n) is 3.26. The first-order valence-corrected chi connectivity index (χ1v) is 10.2. The van der Waals surface area contributed by atoms with Crippen LogP contribution in [0, 0.1) is 6.92 Å². The zero-order chi connectivity index (χ0) is 20.5. The highest BCUT2D eigenvalue weighted by molar-refractivity contribution is 7.18. The predicted molar refractivity (Wildman–Crippen MR) is 120 cm³/mol. The lowest BCUT2D eigenvalue weighted by Gasteiger charge is -2.04. The lowest BCUT2D eigenvalue weighted by Crippen LogP contribution is -2.13. The number of aryl methyl sites for hydroxylation is 1. The number of aromatic amines is 1. The van der Waals surface area contributed by atoms with Gasteiger partial charge >= 0.3 is 0 Å². The van der Waals surface area contributed by atoms with Gasteiger partial charge in [0.25, 0.3) is 5.91 Å². The van der Waals surface area contributed by atoms with Gasteiger partial charge in [0.1, 0.15) is 16.3 Å². The second-order valence-electron chi connectivity index (χ2n) is 6.76. The van der Waals surface area contributed by atoms with Crippen LogP contribution in [0.5, 0.6) is 0 Å². The lowest BCUT2D eigenvalue weighted by atomic mass is 10.1. The number of thiazole rings is 1. The number of anilines is 1. The van der Waals surface area contributed by atoms with Gasteiger partial charge in [-0.1, -0.05) is 42.5 Å². The molecule has 0 aliphatic heterocycles. The highest BCUT2D eigenvalue weighted by atomic mass is 32.1. The van der Waals surface area contributed by atoms with Gasteiger partial charge < -0.3 is 10.3 Å². The third-order valence-corrected chi connectivity index (χ3v) is 5.91. The molecule has 0 unspecified atom stereocenters. The van der Waals surface area contributed by atoms with Gasteiger partial charge in [0.05, 0.1) is 21.7 Å². The average molecular weight is 411 g/mol. The monoisotopic (exact) mass is 411 g/mol. The Balaban J connectivity index is 1.53. The first-order chi connectivity index (χ1) is 14.7. The van der Waals surface area contributed by atoms with Crippen molar-refractivity contribution in [2.45, 2.75) is 6.92 Å². The number of hydrogen-bond acceptors (Lipinski definition) is 5. The molecule has 0 atom stereocenters. The smallest absolute Gasteiger partial charge is 0.259 e. The summed E-state index contributed by atoms with van der Waals surface area (Å²) in [6.07, 6.45) is 1.64. The molecular formula is C23H17N5OS. The SMILES string of the molecule is Cc1nc(-c2ccccc2)sc1-c1nc2c(C(=O)Nc3ccccn3)cccc2[nH]1. The largest absolute Gasteiger partial charge is 0.337 e. The van der Waals surface area contributed by atoms with Crippen molar-refractivity contribution < 1.29 is 4.79 Å². The van der Waals surface area contributed by atoms with Crippen molar-refractivity contribution >= 4 is 34.1 Å². The lowest BCUT2D eigenvalue weighted by molar-refractivity contribution is 0.102. The van der Waals surface area contributed by atoms with E-state index in [9.17, 15) is 4.79 Å². The maximum absolute atomic E-state index is 12.8. The Morgan fingerprint density at radius 3 is 2.60 bits per heavy atom. The van der Waals surface area contributed by atoms with Gasteiger partial charge in [-0.15, -0.1) is 11.3 Å². The van der Waals surface area contributed by atoms with Crippen LogP contribution in [0.1, 0.15) is 16.1 Å². The van der Waals surface area contributed by atoms with Crippen LogP contribution < -0.4 is 5.32 Å². The van der Waals surface area contributed by atoms with E-state index in [1.165, 1.54) is 0 Å². The third kappa shape index (κ3) is 3.35. The summed E-state index contributed by atoms with van der Waals surface area (Å²) in [7, 11) is 0. The average Bonchev–Trinajstić information content (AvgIpc) is 3.38. The summed E-state index contributed by atoms with van der Waals surface area (Å²) in [6, 6.07) is 21.0. The summed E-state index contributed by atoms with van der Waals surface area (Å²) < 4.78 is 0. The minimum absolute atomic E-state index is 0.247. The topological polar surface area (TPSA) is 83.6 Å². The van der Waals surface area contributed by atoms with Crippen LogP contribution in [0.15, 0.2) is 72.9 Å². The number of imidazole rings is 1. The van der Waals surface area contributed by atoms with Crippen molar-refractivity contribution in [2.75, 3.05) is 5.32 Å². The molecule has 0 bridgehead atoms. The quantitative estimate of drug-likeness (QED) is 0.420. The second kappa shape index (κ2) is 7.53. The number of carbonyl (C=O) groups is 1. The predicted octanol–water partition coefficient (Wildman–Crippen LogP) is 5.31. The fourth-order valence-corrected chi connectivity index (χ4v) is 4.28. The molecule has 30 heavy (non-hydrogen) atoms. The van der Waals surface area contributed by atoms with Crippen LogP contribution in [-0.4, -0.2) is 25.8 Å². The Bertz CT molecular complexity index is 1340. The molecule has 3 aromatic heterocycles. The van der Waals surface area contributed by atoms with E-state index in [1.807, 2.05) is 55.5 Å². The first kappa shape index (κ1) is 18.2. The minimum atomic E-state index is -0.247. The Kier molecular flexibility index (Phi) is 4.57. The Morgan fingerprint density at radius 1 is 0.967 bits per heavy atom. The van der Waals surface area contributed by atoms with Gasteiger partial charge in [0, 0.05) is 11.8 Å². The van der Waals surface area contributed by atoms with E-state index in [2.05, 4.69) is 15.3 Å². The standard InChI is InChI=1S/C23H17N5OS/c1-14-20(30-23(25-14)15-8-3-2-4-9-15)21-26-17-11-7-10-16(19(17)28-21)22(29)27-18-12-5-6-13-24-18/h2-13H,1H3,(H,26,28)(H,24,27,29). The molecule has 146 valence electrons. The molecule has 3 heterocycles. The van der Waals surface area contributed by atoms with E-state index < -0.39 is 0 Å². The van der Waals surface area contributed by atoms with Crippen LogP contribution in [-0.2, 0) is 0 Å². The van der Waals surface area contributed by atoms with Gasteiger partial charge in [-0.05, 0) is 31.2 Å². The maximum Gasteiger partial charge on any atom is 0.259 e. The summed E-state index contributed by atoms with van der Waals surface area (Å²) in [5.41, 5.74) is 3.88. The number of benzene rings is 2. The number of nitrogens with one attached hydrogen (secondary N) is 2. The second-order valence-corrected chi connectivity index (χ2v) is 7.75. The van der Waals surface area contributed by atoms with Crippen LogP contribution >= 0.6 is 11.3 Å². The number of nitrogens with zero attached hydrogens (tertiary/aromatic N) is 3. The molecule has 6 nitrogen and oxygen atoms in total. The summed E-state index contributed by atoms with van der Waals surface area (Å²) in [4.78, 5) is 30.7. The summed E-state index contributed by atoms with van der Waals surface area (Å²) >= 11 is 1.58. The van der Waals surface area contributed by atoms with Crippen molar-refractivity contribution in [1.29, 1.82) is 0 Å². The van der Waals surface area contributed by atoms with Crippen molar-refractivity contribution in [3.05, 3.63) is 84.2 Å². The first-order valence-electron chi connectivity index (χ1n) is 9.43. The molecule has 0 saturated heterocycles. The molecule has 1 amide bonds. The van der Waals surface area contributed by atoms with E-state index >= 15 is 0 Å². The van der Waals surface area contributed by atoms with Crippen LogP contribution in [0.2, 0.25) is 0 Å². The molecule has 7 heteroatoms. The number of hydrogen-bond donors (Lipinski definition) is 2. The van der Waals surface area contributed by atoms with Crippen LogP contribution in [0.3, 0.4) is 0 Å². The zero-order valence-corrected chi connectivity index (χ0v) is 16.9. The van der Waals surface area contributed by atoms with Crippen LogP contribution in [0.25, 0.3) is 32.3 Å². The van der Waals surface area contributed by atoms with Crippen molar-refractivity contribution in [3.63, 3.8) is 0 Å². The number of fused-ring (bicyclic) bond motifs is 1. The third-order valence-electron chi connectivity index (χ3n) is 4.70. The number of H-pyrrole nitrogens is 1. The molecule has 0 aliphatic rings. The summed E-state index contributed by atoms with van der Waals surface area (Å²) in [6.45, 7) is 1.97. The number of rotatable bonds is 4. The molecule has 0 radical (unpaired) electrons. The molecule has 5 aromatic rings. The number of pyridine rings is 1. The zero-order valence-electron chi connectivity index (χ0n) is 16.1. The Morgan fingerprint density at radius 2 is 1.80 bits per heavy atom.